The zero-order valence-corrected chi connectivity index (χ0v) is 19.2. The molecule has 0 atom stereocenters. The average Bonchev–Trinajstić information content (AvgIpc) is 2.84. The summed E-state index contributed by atoms with van der Waals surface area (Å²) in [6.45, 7) is 0.959. The van der Waals surface area contributed by atoms with Gasteiger partial charge in [0.2, 0.25) is 5.95 Å². The molecule has 1 heterocycles. The van der Waals surface area contributed by atoms with E-state index in [9.17, 15) is 9.59 Å². The van der Waals surface area contributed by atoms with Gasteiger partial charge in [0, 0.05) is 13.1 Å². The number of anilines is 1. The predicted molar refractivity (Wildman–Crippen MR) is 131 cm³/mol. The first kappa shape index (κ1) is 24.4. The minimum absolute atomic E-state index is 0.0423. The molecule has 0 radical (unpaired) electrons. The van der Waals surface area contributed by atoms with Crippen molar-refractivity contribution in [2.24, 2.45) is 16.5 Å². The first-order chi connectivity index (χ1) is 16.4. The molecule has 0 aliphatic carbocycles. The van der Waals surface area contributed by atoms with Crippen LogP contribution in [0.1, 0.15) is 11.1 Å². The van der Waals surface area contributed by atoms with Crippen LogP contribution in [0.2, 0.25) is 0 Å². The van der Waals surface area contributed by atoms with E-state index in [-0.39, 0.29) is 31.5 Å². The lowest BCUT2D eigenvalue weighted by molar-refractivity contribution is 0.414. The number of aromatic nitrogens is 3. The molecule has 2 aromatic carbocycles. The molecule has 5 N–H and O–H groups in total. The van der Waals surface area contributed by atoms with Gasteiger partial charge in [-0.15, -0.1) is 0 Å². The number of nitrogens with two attached hydrogens (primary N) is 2. The van der Waals surface area contributed by atoms with Crippen molar-refractivity contribution in [2.75, 3.05) is 32.6 Å². The Labute approximate surface area is 196 Å². The summed E-state index contributed by atoms with van der Waals surface area (Å²) in [7, 11) is 3.18. The number of hydrogen-bond acceptors (Lipinski definition) is 7. The Morgan fingerprint density at radius 1 is 0.941 bits per heavy atom. The molecule has 0 bridgehead atoms. The van der Waals surface area contributed by atoms with E-state index in [2.05, 4.69) is 15.3 Å². The Kier molecular flexibility index (Phi) is 8.27. The van der Waals surface area contributed by atoms with Crippen molar-refractivity contribution in [1.82, 2.24) is 14.1 Å². The van der Waals surface area contributed by atoms with Crippen molar-refractivity contribution in [3.8, 4) is 11.5 Å². The maximum atomic E-state index is 13.3. The fraction of sp³-hybridized carbons (Fsp3) is 0.304. The molecule has 11 heteroatoms. The van der Waals surface area contributed by atoms with E-state index < -0.39 is 11.4 Å². The number of nitrogens with zero attached hydrogens (tertiary/aromatic N) is 4. The predicted octanol–water partition coefficient (Wildman–Crippen LogP) is 0.399. The normalized spacial score (nSPS) is 10.5. The average molecular weight is 468 g/mol. The molecule has 0 fully saturated rings. The smallest absolute Gasteiger partial charge is 0.354 e. The van der Waals surface area contributed by atoms with Crippen molar-refractivity contribution in [3.05, 3.63) is 80.6 Å². The number of benzene rings is 2. The fourth-order valence-electron chi connectivity index (χ4n) is 3.30. The number of methoxy groups -OCH3 is 2. The van der Waals surface area contributed by atoms with Crippen LogP contribution < -0.4 is 37.6 Å². The van der Waals surface area contributed by atoms with E-state index in [1.54, 1.807) is 26.4 Å². The minimum Gasteiger partial charge on any atom is -0.497 e. The van der Waals surface area contributed by atoms with Crippen LogP contribution in [-0.2, 0) is 19.5 Å². The molecular weight excluding hydrogens is 438 g/mol. The molecule has 180 valence electrons. The highest BCUT2D eigenvalue weighted by molar-refractivity contribution is 5.75. The zero-order chi connectivity index (χ0) is 24.5. The first-order valence-electron chi connectivity index (χ1n) is 10.7. The molecule has 0 amide bonds. The number of aliphatic imine (C=N–C) groups is 1. The van der Waals surface area contributed by atoms with E-state index in [4.69, 9.17) is 20.9 Å². The third kappa shape index (κ3) is 6.37. The van der Waals surface area contributed by atoms with Gasteiger partial charge in [-0.1, -0.05) is 24.3 Å². The Balaban J connectivity index is 1.89. The second kappa shape index (κ2) is 11.5. The van der Waals surface area contributed by atoms with Crippen molar-refractivity contribution >= 4 is 11.9 Å². The molecule has 3 aromatic rings. The minimum atomic E-state index is -0.631. The topological polar surface area (TPSA) is 152 Å². The number of aryl methyl sites for hydroxylation is 1. The molecule has 34 heavy (non-hydrogen) atoms. The van der Waals surface area contributed by atoms with Crippen molar-refractivity contribution in [2.45, 2.75) is 19.5 Å². The van der Waals surface area contributed by atoms with Crippen LogP contribution in [0.4, 0.5) is 5.95 Å². The number of guanidine groups is 1. The first-order valence-corrected chi connectivity index (χ1v) is 10.7. The van der Waals surface area contributed by atoms with Gasteiger partial charge in [0.15, 0.2) is 5.96 Å². The monoisotopic (exact) mass is 467 g/mol. The lowest BCUT2D eigenvalue weighted by Gasteiger charge is -2.15. The molecule has 0 saturated heterocycles. The Morgan fingerprint density at radius 2 is 1.53 bits per heavy atom. The Morgan fingerprint density at radius 3 is 2.09 bits per heavy atom. The van der Waals surface area contributed by atoms with Gasteiger partial charge in [0.05, 0.1) is 27.3 Å². The van der Waals surface area contributed by atoms with Gasteiger partial charge in [-0.05, 0) is 41.8 Å². The molecule has 0 spiro atoms. The van der Waals surface area contributed by atoms with Crippen molar-refractivity contribution in [3.63, 3.8) is 0 Å². The molecule has 0 saturated carbocycles. The maximum Gasteiger partial charge on any atom is 0.354 e. The SMILES string of the molecule is COc1ccc(CCn2c(=O)nc(NCCN=C(N)N)n(Cc3ccc(OC)cc3)c2=O)cc1. The van der Waals surface area contributed by atoms with Gasteiger partial charge >= 0.3 is 11.4 Å². The van der Waals surface area contributed by atoms with Gasteiger partial charge < -0.3 is 26.3 Å². The highest BCUT2D eigenvalue weighted by Crippen LogP contribution is 2.14. The molecule has 11 nitrogen and oxygen atoms in total. The summed E-state index contributed by atoms with van der Waals surface area (Å²) in [5.41, 5.74) is 11.4. The highest BCUT2D eigenvalue weighted by atomic mass is 16.5. The van der Waals surface area contributed by atoms with Gasteiger partial charge in [0.1, 0.15) is 11.5 Å². The number of rotatable bonds is 11. The van der Waals surface area contributed by atoms with Crippen LogP contribution in [0, 0.1) is 0 Å². The van der Waals surface area contributed by atoms with Crippen LogP contribution in [0.5, 0.6) is 11.5 Å². The van der Waals surface area contributed by atoms with Gasteiger partial charge in [-0.2, -0.15) is 4.98 Å². The standard InChI is InChI=1S/C23H29N7O4/c1-33-18-7-3-16(4-8-18)11-14-29-22(31)28-21(27-13-12-26-20(24)25)30(23(29)32)15-17-5-9-19(34-2)10-6-17/h3-10H,11-15H2,1-2H3,(H4,24,25,26)(H,27,28,31). The lowest BCUT2D eigenvalue weighted by atomic mass is 10.1. The molecule has 0 aliphatic heterocycles. The summed E-state index contributed by atoms with van der Waals surface area (Å²) in [6.07, 6.45) is 0.487. The summed E-state index contributed by atoms with van der Waals surface area (Å²) >= 11 is 0. The quantitative estimate of drug-likeness (QED) is 0.208. The van der Waals surface area contributed by atoms with Crippen LogP contribution in [0.3, 0.4) is 0 Å². The second-order valence-corrected chi connectivity index (χ2v) is 7.42. The van der Waals surface area contributed by atoms with E-state index in [1.807, 2.05) is 36.4 Å². The van der Waals surface area contributed by atoms with Crippen LogP contribution in [0.15, 0.2) is 63.1 Å². The van der Waals surface area contributed by atoms with E-state index >= 15 is 0 Å². The lowest BCUT2D eigenvalue weighted by Crippen LogP contribution is -2.43. The van der Waals surface area contributed by atoms with E-state index in [0.717, 1.165) is 21.4 Å². The van der Waals surface area contributed by atoms with Gasteiger partial charge in [-0.25, -0.2) is 14.2 Å². The fourth-order valence-corrected chi connectivity index (χ4v) is 3.30. The molecule has 3 rings (SSSR count). The Bertz CT molecular complexity index is 1230. The summed E-state index contributed by atoms with van der Waals surface area (Å²) in [5.74, 6) is 1.55. The van der Waals surface area contributed by atoms with Crippen molar-refractivity contribution in [1.29, 1.82) is 0 Å². The molecule has 0 aliphatic rings. The zero-order valence-electron chi connectivity index (χ0n) is 19.2. The van der Waals surface area contributed by atoms with Crippen LogP contribution in [0.25, 0.3) is 0 Å². The molecular formula is C23H29N7O4. The van der Waals surface area contributed by atoms with Crippen LogP contribution in [-0.4, -0.2) is 47.4 Å². The summed E-state index contributed by atoms with van der Waals surface area (Å²) in [4.78, 5) is 34.1. The van der Waals surface area contributed by atoms with Crippen LogP contribution >= 0.6 is 0 Å². The summed E-state index contributed by atoms with van der Waals surface area (Å²) < 4.78 is 12.9. The summed E-state index contributed by atoms with van der Waals surface area (Å²) in [6, 6.07) is 14.8. The van der Waals surface area contributed by atoms with E-state index in [1.165, 1.54) is 4.57 Å². The highest BCUT2D eigenvalue weighted by Gasteiger charge is 2.14. The van der Waals surface area contributed by atoms with Gasteiger partial charge in [-0.3, -0.25) is 9.56 Å². The molecule has 1 aromatic heterocycles. The summed E-state index contributed by atoms with van der Waals surface area (Å²) in [5, 5.41) is 2.99. The number of nitrogens with one attached hydrogen (secondary N) is 1. The van der Waals surface area contributed by atoms with E-state index in [0.29, 0.717) is 18.7 Å². The number of ether oxygens (including phenoxy) is 2. The van der Waals surface area contributed by atoms with Gasteiger partial charge in [0.25, 0.3) is 0 Å². The maximum absolute atomic E-state index is 13.3. The Hall–Kier alpha value is -4.28. The largest absolute Gasteiger partial charge is 0.497 e. The number of hydrogen-bond donors (Lipinski definition) is 3. The third-order valence-electron chi connectivity index (χ3n) is 5.12. The second-order valence-electron chi connectivity index (χ2n) is 7.42. The third-order valence-corrected chi connectivity index (χ3v) is 5.12. The molecule has 0 unspecified atom stereocenters. The van der Waals surface area contributed by atoms with Crippen molar-refractivity contribution < 1.29 is 9.47 Å².